The second-order valence-corrected chi connectivity index (χ2v) is 12.9. The molecule has 3 aromatic rings. The third kappa shape index (κ3) is 5.45. The van der Waals surface area contributed by atoms with Crippen molar-refractivity contribution in [1.82, 2.24) is 14.5 Å². The molecule has 4 heterocycles. The van der Waals surface area contributed by atoms with Crippen molar-refractivity contribution in [2.45, 2.75) is 52.7 Å². The van der Waals surface area contributed by atoms with Gasteiger partial charge in [0.25, 0.3) is 5.56 Å². The summed E-state index contributed by atoms with van der Waals surface area (Å²) in [5, 5.41) is 19.3. The van der Waals surface area contributed by atoms with E-state index in [2.05, 4.69) is 22.6 Å². The molecule has 4 atom stereocenters. The van der Waals surface area contributed by atoms with Gasteiger partial charge >= 0.3 is 0 Å². The van der Waals surface area contributed by atoms with Crippen LogP contribution in [-0.4, -0.2) is 56.3 Å². The number of carbonyl (C=O) groups excluding carboxylic acids is 1. The fourth-order valence-electron chi connectivity index (χ4n) is 6.60. The van der Waals surface area contributed by atoms with Crippen molar-refractivity contribution < 1.29 is 23.1 Å². The third-order valence-corrected chi connectivity index (χ3v) is 9.28. The number of piperazine rings is 1. The van der Waals surface area contributed by atoms with E-state index >= 15 is 8.78 Å². The maximum atomic E-state index is 15.4. The number of aromatic nitrogens is 2. The van der Waals surface area contributed by atoms with Gasteiger partial charge in [0.2, 0.25) is 5.91 Å². The molecular weight excluding hydrogens is 656 g/mol. The maximum Gasteiger partial charge on any atom is 0.272 e. The van der Waals surface area contributed by atoms with Crippen LogP contribution in [0.5, 0.6) is 5.75 Å². The number of carbonyl (C=O) groups is 1. The number of allylic oxidation sites excluding steroid dienone is 1. The number of benzene rings is 1. The number of aromatic hydroxyl groups is 1. The van der Waals surface area contributed by atoms with Crippen LogP contribution in [0.25, 0.3) is 22.3 Å². The molecule has 5 rings (SSSR count). The van der Waals surface area contributed by atoms with Gasteiger partial charge < -0.3 is 14.9 Å². The van der Waals surface area contributed by atoms with E-state index in [4.69, 9.17) is 23.2 Å². The quantitative estimate of drug-likeness (QED) is 0.180. The Kier molecular flexibility index (Phi) is 9.18. The first-order valence-corrected chi connectivity index (χ1v) is 15.6. The van der Waals surface area contributed by atoms with Crippen LogP contribution in [-0.2, 0) is 4.79 Å². The van der Waals surface area contributed by atoms with Crippen molar-refractivity contribution in [2.75, 3.05) is 18.0 Å². The highest BCUT2D eigenvalue weighted by Crippen LogP contribution is 2.43. The Hall–Kier alpha value is -4.34. The van der Waals surface area contributed by atoms with Gasteiger partial charge in [-0.1, -0.05) is 56.6 Å². The van der Waals surface area contributed by atoms with Gasteiger partial charge in [-0.2, -0.15) is 5.26 Å². The number of hydrogen-bond donors (Lipinski definition) is 1. The highest BCUT2D eigenvalue weighted by molar-refractivity contribution is 6.34. The molecule has 2 aliphatic rings. The van der Waals surface area contributed by atoms with Crippen LogP contribution < -0.4 is 10.5 Å². The van der Waals surface area contributed by atoms with Crippen molar-refractivity contribution in [3.05, 3.63) is 74.4 Å². The van der Waals surface area contributed by atoms with E-state index in [1.807, 2.05) is 34.6 Å². The average molecular weight is 688 g/mol. The summed E-state index contributed by atoms with van der Waals surface area (Å²) in [6.07, 6.45) is 4.61. The molecule has 2 aliphatic heterocycles. The van der Waals surface area contributed by atoms with Gasteiger partial charge in [-0.25, -0.2) is 18.2 Å². The second-order valence-electron chi connectivity index (χ2n) is 12.1. The first kappa shape index (κ1) is 34.0. The van der Waals surface area contributed by atoms with Crippen molar-refractivity contribution in [3.63, 3.8) is 0 Å². The van der Waals surface area contributed by atoms with Gasteiger partial charge in [0, 0.05) is 48.4 Å². The minimum Gasteiger partial charge on any atom is -0.504 e. The normalized spacial score (nSPS) is 21.3. The number of phenols is 1. The number of fused-ring (bicyclic) bond motifs is 1. The standard InChI is InChI=1S/C33H31Cl2F3N6O3/c1-7-21(45)43-16(5)12-42(13-17(43)6)30-18-10-20(34)28(22-24(36)26(38)23(35)31(46)25(22)37)41-32(18)44(33(47)19(30)11-39)29-15(4)8-9-40-27(29)14(2)3/h7-10,14-17,29,46H,1,12-13H2,2-6H3/t15-,16-,17+,29?/m1/s1. The molecule has 14 heteroatoms. The molecule has 0 aliphatic carbocycles. The molecule has 1 aromatic carbocycles. The van der Waals surface area contributed by atoms with Gasteiger partial charge in [0.15, 0.2) is 23.2 Å². The van der Waals surface area contributed by atoms with E-state index in [9.17, 15) is 24.3 Å². The lowest BCUT2D eigenvalue weighted by molar-refractivity contribution is -0.130. The maximum absolute atomic E-state index is 15.4. The first-order chi connectivity index (χ1) is 22.2. The smallest absolute Gasteiger partial charge is 0.272 e. The van der Waals surface area contributed by atoms with Crippen molar-refractivity contribution in [3.8, 4) is 23.1 Å². The van der Waals surface area contributed by atoms with E-state index in [1.165, 1.54) is 16.7 Å². The minimum absolute atomic E-state index is 0.109. The predicted molar refractivity (Wildman–Crippen MR) is 176 cm³/mol. The number of nitriles is 1. The molecule has 0 radical (unpaired) electrons. The van der Waals surface area contributed by atoms with Gasteiger partial charge in [0.05, 0.1) is 28.0 Å². The van der Waals surface area contributed by atoms with Crippen LogP contribution in [0.4, 0.5) is 18.9 Å². The van der Waals surface area contributed by atoms with Gasteiger partial charge in [-0.15, -0.1) is 0 Å². The highest BCUT2D eigenvalue weighted by atomic mass is 35.5. The molecular formula is C33H31Cl2F3N6O3. The Balaban J connectivity index is 1.91. The third-order valence-electron chi connectivity index (χ3n) is 8.65. The fraction of sp³-hybridized carbons (Fsp3) is 0.364. The lowest BCUT2D eigenvalue weighted by Crippen LogP contribution is -2.58. The second kappa shape index (κ2) is 12.7. The summed E-state index contributed by atoms with van der Waals surface area (Å²) in [6.45, 7) is 13.2. The van der Waals surface area contributed by atoms with E-state index in [-0.39, 0.29) is 70.2 Å². The molecule has 0 saturated carbocycles. The molecule has 2 aromatic heterocycles. The lowest BCUT2D eigenvalue weighted by Gasteiger charge is -2.45. The molecule has 1 amide bonds. The zero-order valence-corrected chi connectivity index (χ0v) is 27.7. The van der Waals surface area contributed by atoms with E-state index in [1.54, 1.807) is 22.1 Å². The molecule has 0 spiro atoms. The van der Waals surface area contributed by atoms with Crippen LogP contribution in [0, 0.1) is 40.6 Å². The Labute approximate surface area is 278 Å². The predicted octanol–water partition coefficient (Wildman–Crippen LogP) is 6.78. The minimum atomic E-state index is -1.74. The number of halogens is 5. The number of amides is 1. The molecule has 1 unspecified atom stereocenters. The SMILES string of the molecule is C=CC(=O)N1[C@H](C)CN(c2c(C#N)c(=O)n(C3C(C(C)C)=NC=C[C@H]3C)c3nc(-c4c(F)c(O)c(Cl)c(F)c4F)c(Cl)cc23)C[C@@H]1C. The fourth-order valence-corrected chi connectivity index (χ4v) is 7.01. The molecule has 1 fully saturated rings. The topological polar surface area (TPSA) is 115 Å². The van der Waals surface area contributed by atoms with Gasteiger partial charge in [0.1, 0.15) is 22.3 Å². The summed E-state index contributed by atoms with van der Waals surface area (Å²) in [5.74, 6) is -7.19. The molecule has 246 valence electrons. The summed E-state index contributed by atoms with van der Waals surface area (Å²) in [7, 11) is 0. The average Bonchev–Trinajstić information content (AvgIpc) is 3.02. The summed E-state index contributed by atoms with van der Waals surface area (Å²) in [6, 6.07) is 1.84. The molecule has 1 N–H and O–H groups in total. The van der Waals surface area contributed by atoms with Crippen molar-refractivity contribution in [2.24, 2.45) is 16.8 Å². The Morgan fingerprint density at radius 1 is 1.15 bits per heavy atom. The van der Waals surface area contributed by atoms with Crippen LogP contribution >= 0.6 is 23.2 Å². The largest absolute Gasteiger partial charge is 0.504 e. The molecule has 0 bridgehead atoms. The highest BCUT2D eigenvalue weighted by Gasteiger charge is 2.38. The lowest BCUT2D eigenvalue weighted by atomic mass is 9.88. The Morgan fingerprint density at radius 2 is 1.79 bits per heavy atom. The van der Waals surface area contributed by atoms with Crippen LogP contribution in [0.3, 0.4) is 0 Å². The summed E-state index contributed by atoms with van der Waals surface area (Å²) < 4.78 is 46.7. The van der Waals surface area contributed by atoms with E-state index in [0.29, 0.717) is 5.71 Å². The van der Waals surface area contributed by atoms with E-state index in [0.717, 1.165) is 0 Å². The van der Waals surface area contributed by atoms with Crippen LogP contribution in [0.1, 0.15) is 46.2 Å². The Bertz CT molecular complexity index is 1960. The number of nitrogens with zero attached hydrogens (tertiary/aromatic N) is 6. The molecule has 1 saturated heterocycles. The molecule has 9 nitrogen and oxygen atoms in total. The summed E-state index contributed by atoms with van der Waals surface area (Å²) >= 11 is 12.2. The Morgan fingerprint density at radius 3 is 2.36 bits per heavy atom. The summed E-state index contributed by atoms with van der Waals surface area (Å²) in [5.41, 5.74) is -2.02. The number of anilines is 1. The number of phenolic OH excluding ortho intramolecular Hbond substituents is 1. The van der Waals surface area contributed by atoms with Crippen LogP contribution in [0.15, 0.2) is 40.8 Å². The number of hydrogen-bond acceptors (Lipinski definition) is 7. The number of rotatable bonds is 5. The molecule has 47 heavy (non-hydrogen) atoms. The van der Waals surface area contributed by atoms with Crippen LogP contribution in [0.2, 0.25) is 10.0 Å². The van der Waals surface area contributed by atoms with Gasteiger partial charge in [-0.05, 0) is 31.9 Å². The zero-order valence-electron chi connectivity index (χ0n) is 26.2. The zero-order chi connectivity index (χ0) is 34.6. The number of pyridine rings is 2. The monoisotopic (exact) mass is 686 g/mol. The van der Waals surface area contributed by atoms with Crippen molar-refractivity contribution >= 4 is 51.5 Å². The van der Waals surface area contributed by atoms with Crippen molar-refractivity contribution in [1.29, 1.82) is 5.26 Å². The first-order valence-electron chi connectivity index (χ1n) is 14.8. The summed E-state index contributed by atoms with van der Waals surface area (Å²) in [4.78, 5) is 39.6. The number of aliphatic imine (C=N–C) groups is 1. The van der Waals surface area contributed by atoms with E-state index < -0.39 is 51.1 Å². The van der Waals surface area contributed by atoms with Gasteiger partial charge in [-0.3, -0.25) is 19.1 Å².